The van der Waals surface area contributed by atoms with E-state index in [1.807, 2.05) is 20.8 Å². The number of rotatable bonds is 10. The molecule has 27 heavy (non-hydrogen) atoms. The van der Waals surface area contributed by atoms with Gasteiger partial charge in [-0.2, -0.15) is 0 Å². The number of nitrogens with zero attached hydrogens (tertiary/aromatic N) is 2. The molecule has 0 heterocycles. The molecule has 0 bridgehead atoms. The van der Waals surface area contributed by atoms with Gasteiger partial charge in [0.25, 0.3) is 0 Å². The molecule has 1 unspecified atom stereocenters. The monoisotopic (exact) mass is 494 g/mol. The number of guanidine groups is 1. The van der Waals surface area contributed by atoms with Crippen LogP contribution in [0.15, 0.2) is 29.3 Å². The Balaban J connectivity index is 0.00000676. The number of hydrogen-bond acceptors (Lipinski definition) is 3. The highest BCUT2D eigenvalue weighted by Gasteiger charge is 2.12. The van der Waals surface area contributed by atoms with Crippen molar-refractivity contribution in [3.05, 3.63) is 35.6 Å². The molecule has 8 heteroatoms. The number of benzene rings is 1. The van der Waals surface area contributed by atoms with Gasteiger partial charge in [-0.1, -0.05) is 12.1 Å². The lowest BCUT2D eigenvalue weighted by Gasteiger charge is -2.19. The van der Waals surface area contributed by atoms with Gasteiger partial charge in [0.1, 0.15) is 11.9 Å². The zero-order valence-electron chi connectivity index (χ0n) is 16.6. The SMILES string of the molecule is CCNC(=NCC(OC)c1ccc(F)cc1)NCCC(=O)N(CC)CC.I. The van der Waals surface area contributed by atoms with E-state index in [4.69, 9.17) is 4.74 Å². The zero-order valence-corrected chi connectivity index (χ0v) is 19.0. The lowest BCUT2D eigenvalue weighted by molar-refractivity contribution is -0.130. The average Bonchev–Trinajstić information content (AvgIpc) is 2.64. The molecule has 0 saturated heterocycles. The third-order valence-electron chi connectivity index (χ3n) is 4.03. The third-order valence-corrected chi connectivity index (χ3v) is 4.03. The quantitative estimate of drug-likeness (QED) is 0.298. The summed E-state index contributed by atoms with van der Waals surface area (Å²) < 4.78 is 18.5. The largest absolute Gasteiger partial charge is 0.375 e. The van der Waals surface area contributed by atoms with Gasteiger partial charge in [0.05, 0.1) is 6.54 Å². The summed E-state index contributed by atoms with van der Waals surface area (Å²) in [5, 5.41) is 6.32. The first-order chi connectivity index (χ1) is 12.5. The Morgan fingerprint density at radius 2 is 1.81 bits per heavy atom. The maximum absolute atomic E-state index is 13.1. The summed E-state index contributed by atoms with van der Waals surface area (Å²) in [6.45, 7) is 8.97. The van der Waals surface area contributed by atoms with Crippen molar-refractivity contribution in [1.82, 2.24) is 15.5 Å². The minimum atomic E-state index is -0.278. The third kappa shape index (κ3) is 9.37. The van der Waals surface area contributed by atoms with E-state index in [0.29, 0.717) is 32.0 Å². The summed E-state index contributed by atoms with van der Waals surface area (Å²) in [4.78, 5) is 18.4. The first kappa shape index (κ1) is 25.6. The van der Waals surface area contributed by atoms with Crippen molar-refractivity contribution in [1.29, 1.82) is 0 Å². The van der Waals surface area contributed by atoms with E-state index in [0.717, 1.165) is 18.7 Å². The van der Waals surface area contributed by atoms with E-state index in [-0.39, 0.29) is 41.8 Å². The van der Waals surface area contributed by atoms with E-state index >= 15 is 0 Å². The minimum absolute atomic E-state index is 0. The van der Waals surface area contributed by atoms with Crippen molar-refractivity contribution in [3.8, 4) is 0 Å². The normalized spacial score (nSPS) is 12.1. The van der Waals surface area contributed by atoms with Crippen LogP contribution < -0.4 is 10.6 Å². The van der Waals surface area contributed by atoms with Gasteiger partial charge in [-0.3, -0.25) is 9.79 Å². The lowest BCUT2D eigenvalue weighted by atomic mass is 10.1. The van der Waals surface area contributed by atoms with Crippen molar-refractivity contribution >= 4 is 35.8 Å². The van der Waals surface area contributed by atoms with Crippen LogP contribution in [0.3, 0.4) is 0 Å². The fraction of sp³-hybridized carbons (Fsp3) is 0.579. The summed E-state index contributed by atoms with van der Waals surface area (Å²) in [5.74, 6) is 0.475. The van der Waals surface area contributed by atoms with Gasteiger partial charge in [0.2, 0.25) is 5.91 Å². The summed E-state index contributed by atoms with van der Waals surface area (Å²) in [7, 11) is 1.60. The maximum atomic E-state index is 13.1. The number of aliphatic imine (C=N–C) groups is 1. The van der Waals surface area contributed by atoms with Crippen LogP contribution in [0.4, 0.5) is 4.39 Å². The standard InChI is InChI=1S/C19H31FN4O2.HI/c1-5-21-19(22-13-12-18(25)24(6-2)7-3)23-14-17(26-4)15-8-10-16(20)11-9-15;/h8-11,17H,5-7,12-14H2,1-4H3,(H2,21,22,23);1H. The van der Waals surface area contributed by atoms with Crippen LogP contribution in [0.2, 0.25) is 0 Å². The number of ether oxygens (including phenoxy) is 1. The second-order valence-corrected chi connectivity index (χ2v) is 5.74. The Morgan fingerprint density at radius 3 is 2.33 bits per heavy atom. The van der Waals surface area contributed by atoms with Gasteiger partial charge >= 0.3 is 0 Å². The van der Waals surface area contributed by atoms with Gasteiger partial charge in [-0.15, -0.1) is 24.0 Å². The summed E-state index contributed by atoms with van der Waals surface area (Å²) in [6.07, 6.45) is 0.154. The number of nitrogens with one attached hydrogen (secondary N) is 2. The van der Waals surface area contributed by atoms with Crippen LogP contribution in [-0.4, -0.2) is 56.6 Å². The molecule has 0 saturated carbocycles. The Bertz CT molecular complexity index is 565. The second-order valence-electron chi connectivity index (χ2n) is 5.74. The molecule has 0 aliphatic rings. The van der Waals surface area contributed by atoms with Gasteiger partial charge in [0, 0.05) is 39.7 Å². The second kappa shape index (κ2) is 14.6. The number of amides is 1. The minimum Gasteiger partial charge on any atom is -0.375 e. The molecule has 0 aromatic heterocycles. The number of halogens is 2. The molecule has 6 nitrogen and oxygen atoms in total. The molecular weight excluding hydrogens is 462 g/mol. The van der Waals surface area contributed by atoms with Crippen LogP contribution in [-0.2, 0) is 9.53 Å². The number of methoxy groups -OCH3 is 1. The molecule has 2 N–H and O–H groups in total. The molecule has 0 aliphatic heterocycles. The van der Waals surface area contributed by atoms with E-state index < -0.39 is 0 Å². The summed E-state index contributed by atoms with van der Waals surface area (Å²) >= 11 is 0. The van der Waals surface area contributed by atoms with Crippen LogP contribution in [0.5, 0.6) is 0 Å². The van der Waals surface area contributed by atoms with Gasteiger partial charge in [-0.05, 0) is 38.5 Å². The molecule has 1 rings (SSSR count). The first-order valence-electron chi connectivity index (χ1n) is 9.13. The Hall–Kier alpha value is -1.42. The predicted octanol–water partition coefficient (Wildman–Crippen LogP) is 2.94. The molecule has 0 aliphatic carbocycles. The van der Waals surface area contributed by atoms with Crippen LogP contribution >= 0.6 is 24.0 Å². The lowest BCUT2D eigenvalue weighted by Crippen LogP contribution is -2.40. The Morgan fingerprint density at radius 1 is 1.19 bits per heavy atom. The van der Waals surface area contributed by atoms with Crippen LogP contribution in [0, 0.1) is 5.82 Å². The fourth-order valence-electron chi connectivity index (χ4n) is 2.53. The highest BCUT2D eigenvalue weighted by atomic mass is 127. The molecule has 0 spiro atoms. The fourth-order valence-corrected chi connectivity index (χ4v) is 2.53. The van der Waals surface area contributed by atoms with E-state index in [1.165, 1.54) is 12.1 Å². The van der Waals surface area contributed by atoms with Gasteiger partial charge in [-0.25, -0.2) is 4.39 Å². The Kier molecular flexibility index (Phi) is 13.8. The highest BCUT2D eigenvalue weighted by molar-refractivity contribution is 14.0. The molecule has 1 aromatic rings. The molecule has 1 aromatic carbocycles. The molecule has 0 radical (unpaired) electrons. The van der Waals surface area contributed by atoms with Gasteiger partial charge in [0.15, 0.2) is 5.96 Å². The number of hydrogen-bond donors (Lipinski definition) is 2. The van der Waals surface area contributed by atoms with Crippen LogP contribution in [0.25, 0.3) is 0 Å². The van der Waals surface area contributed by atoms with Crippen molar-refractivity contribution in [2.24, 2.45) is 4.99 Å². The van der Waals surface area contributed by atoms with Crippen LogP contribution in [0.1, 0.15) is 38.9 Å². The van der Waals surface area contributed by atoms with E-state index in [2.05, 4.69) is 15.6 Å². The molecular formula is C19H32FIN4O2. The van der Waals surface area contributed by atoms with Gasteiger partial charge < -0.3 is 20.3 Å². The zero-order chi connectivity index (χ0) is 19.4. The van der Waals surface area contributed by atoms with Crippen molar-refractivity contribution < 1.29 is 13.9 Å². The smallest absolute Gasteiger partial charge is 0.224 e. The van der Waals surface area contributed by atoms with Crippen molar-refractivity contribution in [2.75, 3.05) is 39.8 Å². The molecule has 0 fully saturated rings. The highest BCUT2D eigenvalue weighted by Crippen LogP contribution is 2.17. The molecule has 154 valence electrons. The average molecular weight is 494 g/mol. The first-order valence-corrected chi connectivity index (χ1v) is 9.13. The van der Waals surface area contributed by atoms with E-state index in [9.17, 15) is 9.18 Å². The van der Waals surface area contributed by atoms with Crippen molar-refractivity contribution in [3.63, 3.8) is 0 Å². The van der Waals surface area contributed by atoms with Crippen molar-refractivity contribution in [2.45, 2.75) is 33.3 Å². The topological polar surface area (TPSA) is 66.0 Å². The number of carbonyl (C=O) groups excluding carboxylic acids is 1. The summed E-state index contributed by atoms with van der Waals surface area (Å²) in [5.41, 5.74) is 0.866. The van der Waals surface area contributed by atoms with E-state index in [1.54, 1.807) is 24.1 Å². The maximum Gasteiger partial charge on any atom is 0.224 e. The molecule has 1 atom stereocenters. The molecule has 1 amide bonds. The Labute approximate surface area is 179 Å². The number of carbonyl (C=O) groups is 1. The summed E-state index contributed by atoms with van der Waals surface area (Å²) in [6, 6.07) is 6.21. The predicted molar refractivity (Wildman–Crippen MR) is 118 cm³/mol.